The maximum Gasteiger partial charge on any atom is 0.286 e. The van der Waals surface area contributed by atoms with Crippen LogP contribution in [0.2, 0.25) is 10.0 Å². The number of nitrogens with one attached hydrogen (secondary N) is 1. The van der Waals surface area contributed by atoms with Crippen LogP contribution in [-0.2, 0) is 6.42 Å². The van der Waals surface area contributed by atoms with Crippen LogP contribution in [0.3, 0.4) is 0 Å². The number of piperidine rings is 1. The molecular weight excluding hydrogens is 498 g/mol. The van der Waals surface area contributed by atoms with Gasteiger partial charge in [-0.05, 0) is 68.1 Å². The van der Waals surface area contributed by atoms with Crippen molar-refractivity contribution in [1.29, 1.82) is 0 Å². The number of nitrogens with zero attached hydrogens (tertiary/aromatic N) is 3. The number of rotatable bonds is 7. The number of carbonyl (C=O) groups is 1. The van der Waals surface area contributed by atoms with E-state index < -0.39 is 0 Å². The van der Waals surface area contributed by atoms with Gasteiger partial charge in [-0.25, -0.2) is 9.99 Å². The van der Waals surface area contributed by atoms with Crippen molar-refractivity contribution in [2.75, 3.05) is 19.8 Å². The summed E-state index contributed by atoms with van der Waals surface area (Å²) in [6, 6.07) is 13.0. The first-order chi connectivity index (χ1) is 17.5. The van der Waals surface area contributed by atoms with E-state index >= 15 is 0 Å². The first kappa shape index (κ1) is 26.2. The number of amides is 1. The number of halogens is 3. The smallest absolute Gasteiger partial charge is 0.286 e. The number of hydrazine groups is 1. The predicted molar refractivity (Wildman–Crippen MR) is 143 cm³/mol. The Kier molecular flexibility index (Phi) is 9.03. The van der Waals surface area contributed by atoms with Crippen LogP contribution in [0.4, 0.5) is 4.39 Å². The number of aromatic nitrogens is 2. The molecule has 1 saturated heterocycles. The third kappa shape index (κ3) is 6.10. The predicted octanol–water partition coefficient (Wildman–Crippen LogP) is 6.64. The van der Waals surface area contributed by atoms with E-state index in [2.05, 4.69) is 17.3 Å². The van der Waals surface area contributed by atoms with Crippen molar-refractivity contribution in [3.8, 4) is 28.9 Å². The molecule has 188 valence electrons. The Morgan fingerprint density at radius 1 is 1.11 bits per heavy atom. The topological polar surface area (TPSA) is 50.2 Å². The van der Waals surface area contributed by atoms with E-state index in [-0.39, 0.29) is 12.6 Å². The van der Waals surface area contributed by atoms with Crippen LogP contribution in [0.5, 0.6) is 0 Å². The van der Waals surface area contributed by atoms with E-state index in [9.17, 15) is 9.18 Å². The lowest BCUT2D eigenvalue weighted by Crippen LogP contribution is -2.45. The van der Waals surface area contributed by atoms with E-state index in [1.807, 2.05) is 46.8 Å². The highest BCUT2D eigenvalue weighted by atomic mass is 35.5. The number of unbranched alkanes of at least 4 members (excludes halogenated alkanes) is 1. The van der Waals surface area contributed by atoms with Crippen molar-refractivity contribution >= 4 is 29.1 Å². The van der Waals surface area contributed by atoms with Crippen molar-refractivity contribution in [3.05, 3.63) is 69.5 Å². The molecule has 0 aliphatic carbocycles. The molecule has 0 saturated carbocycles. The third-order valence-electron chi connectivity index (χ3n) is 6.10. The number of imidazole rings is 1. The van der Waals surface area contributed by atoms with E-state index in [1.54, 1.807) is 12.1 Å². The fourth-order valence-corrected chi connectivity index (χ4v) is 4.80. The molecule has 3 aromatic rings. The Hall–Kier alpha value is -2.85. The minimum Gasteiger partial charge on any atom is -0.296 e. The molecular formula is C28H29Cl2FN4O. The minimum atomic E-state index is -0.363. The van der Waals surface area contributed by atoms with Crippen molar-refractivity contribution < 1.29 is 9.18 Å². The normalized spacial score (nSPS) is 13.8. The Balaban J connectivity index is 1.76. The molecule has 4 rings (SSSR count). The van der Waals surface area contributed by atoms with Gasteiger partial charge in [0.2, 0.25) is 0 Å². The number of alkyl halides is 1. The third-order valence-corrected chi connectivity index (χ3v) is 6.65. The van der Waals surface area contributed by atoms with Crippen LogP contribution < -0.4 is 5.43 Å². The summed E-state index contributed by atoms with van der Waals surface area (Å²) in [5, 5.41) is 2.95. The standard InChI is InChI=1S/C28H29Cl2FN4O/c1-2-25-26(28(36)33-34-17-7-4-8-18-34)32-27(23-15-12-21(29)19-24(23)30)35(25)22-13-10-20(11-14-22)9-5-3-6-16-31/h10-15,19H,2-4,6-8,16-18H2,1H3,(H,33,36). The van der Waals surface area contributed by atoms with Crippen molar-refractivity contribution in [3.63, 3.8) is 0 Å². The quantitative estimate of drug-likeness (QED) is 0.277. The van der Waals surface area contributed by atoms with E-state index in [0.717, 1.165) is 42.9 Å². The molecule has 36 heavy (non-hydrogen) atoms. The number of carbonyl (C=O) groups excluding carboxylic acids is 1. The molecule has 1 aliphatic heterocycles. The second kappa shape index (κ2) is 12.4. The van der Waals surface area contributed by atoms with Crippen molar-refractivity contribution in [1.82, 2.24) is 20.0 Å². The summed E-state index contributed by atoms with van der Waals surface area (Å²) in [7, 11) is 0. The van der Waals surface area contributed by atoms with Gasteiger partial charge in [0.15, 0.2) is 5.69 Å². The van der Waals surface area contributed by atoms with E-state index in [4.69, 9.17) is 28.2 Å². The van der Waals surface area contributed by atoms with Crippen LogP contribution in [-0.4, -0.2) is 40.2 Å². The molecule has 1 aromatic heterocycles. The number of hydrogen-bond acceptors (Lipinski definition) is 3. The molecule has 0 spiro atoms. The van der Waals surface area contributed by atoms with E-state index in [0.29, 0.717) is 46.4 Å². The molecule has 1 fully saturated rings. The lowest BCUT2D eigenvalue weighted by molar-refractivity contribution is 0.0744. The van der Waals surface area contributed by atoms with Gasteiger partial charge in [-0.1, -0.05) is 48.4 Å². The van der Waals surface area contributed by atoms with Gasteiger partial charge in [-0.15, -0.1) is 0 Å². The molecule has 8 heteroatoms. The second-order valence-electron chi connectivity index (χ2n) is 8.67. The highest BCUT2D eigenvalue weighted by molar-refractivity contribution is 6.36. The molecule has 0 bridgehead atoms. The number of benzene rings is 2. The van der Waals surface area contributed by atoms with Gasteiger partial charge in [-0.2, -0.15) is 0 Å². The van der Waals surface area contributed by atoms with Crippen LogP contribution in [0, 0.1) is 11.8 Å². The molecule has 1 N–H and O–H groups in total. The summed E-state index contributed by atoms with van der Waals surface area (Å²) in [5.74, 6) is 6.41. The summed E-state index contributed by atoms with van der Waals surface area (Å²) in [4.78, 5) is 18.2. The van der Waals surface area contributed by atoms with Crippen molar-refractivity contribution in [2.45, 2.75) is 45.4 Å². The summed E-state index contributed by atoms with van der Waals surface area (Å²) in [6.45, 7) is 3.30. The first-order valence-corrected chi connectivity index (χ1v) is 13.1. The summed E-state index contributed by atoms with van der Waals surface area (Å²) < 4.78 is 14.3. The second-order valence-corrected chi connectivity index (χ2v) is 9.52. The lowest BCUT2D eigenvalue weighted by atomic mass is 10.1. The van der Waals surface area contributed by atoms with Crippen LogP contribution in [0.25, 0.3) is 17.1 Å². The van der Waals surface area contributed by atoms with Gasteiger partial charge in [0.25, 0.3) is 5.91 Å². The highest BCUT2D eigenvalue weighted by Crippen LogP contribution is 2.33. The zero-order chi connectivity index (χ0) is 25.5. The summed E-state index contributed by atoms with van der Waals surface area (Å²) in [6.07, 6.45) is 4.85. The Morgan fingerprint density at radius 3 is 2.53 bits per heavy atom. The first-order valence-electron chi connectivity index (χ1n) is 12.3. The number of hydrogen-bond donors (Lipinski definition) is 1. The van der Waals surface area contributed by atoms with E-state index in [1.165, 1.54) is 6.42 Å². The van der Waals surface area contributed by atoms with Gasteiger partial charge in [-0.3, -0.25) is 19.2 Å². The molecule has 2 aromatic carbocycles. The lowest BCUT2D eigenvalue weighted by Gasteiger charge is -2.26. The maximum absolute atomic E-state index is 13.4. The van der Waals surface area contributed by atoms with Gasteiger partial charge in [0.1, 0.15) is 5.82 Å². The van der Waals surface area contributed by atoms with Gasteiger partial charge < -0.3 is 0 Å². The van der Waals surface area contributed by atoms with Gasteiger partial charge in [0, 0.05) is 41.3 Å². The highest BCUT2D eigenvalue weighted by Gasteiger charge is 2.26. The molecule has 5 nitrogen and oxygen atoms in total. The Labute approximate surface area is 221 Å². The van der Waals surface area contributed by atoms with Crippen LogP contribution in [0.15, 0.2) is 42.5 Å². The Bertz CT molecular complexity index is 1270. The van der Waals surface area contributed by atoms with Crippen molar-refractivity contribution in [2.24, 2.45) is 0 Å². The monoisotopic (exact) mass is 526 g/mol. The molecule has 1 amide bonds. The fourth-order valence-electron chi connectivity index (χ4n) is 4.31. The maximum atomic E-state index is 13.4. The van der Waals surface area contributed by atoms with Gasteiger partial charge >= 0.3 is 0 Å². The molecule has 0 unspecified atom stereocenters. The summed E-state index contributed by atoms with van der Waals surface area (Å²) >= 11 is 12.7. The molecule has 0 atom stereocenters. The summed E-state index contributed by atoms with van der Waals surface area (Å²) in [5.41, 5.74) is 6.56. The largest absolute Gasteiger partial charge is 0.296 e. The SMILES string of the molecule is CCc1c(C(=O)NN2CCCCC2)nc(-c2ccc(Cl)cc2Cl)n1-c1ccc(C#CCCCF)cc1. The Morgan fingerprint density at radius 2 is 1.86 bits per heavy atom. The molecule has 2 heterocycles. The fraction of sp³-hybridized carbons (Fsp3) is 0.357. The van der Waals surface area contributed by atoms with Crippen LogP contribution in [0.1, 0.15) is 60.8 Å². The average Bonchev–Trinajstić information content (AvgIpc) is 3.27. The van der Waals surface area contributed by atoms with Crippen LogP contribution >= 0.6 is 23.2 Å². The molecule has 0 radical (unpaired) electrons. The average molecular weight is 527 g/mol. The van der Waals surface area contributed by atoms with Gasteiger partial charge in [0.05, 0.1) is 17.4 Å². The zero-order valence-electron chi connectivity index (χ0n) is 20.3. The minimum absolute atomic E-state index is 0.228. The zero-order valence-corrected chi connectivity index (χ0v) is 21.8. The molecule has 1 aliphatic rings.